The highest BCUT2D eigenvalue weighted by atomic mass is 16.3. The summed E-state index contributed by atoms with van der Waals surface area (Å²) in [7, 11) is 0. The molecular formula is C15H25N3O3. The number of amides is 1. The summed E-state index contributed by atoms with van der Waals surface area (Å²) in [6.45, 7) is 10.2. The van der Waals surface area contributed by atoms with E-state index in [0.717, 1.165) is 0 Å². The number of hydrogen-bond donors (Lipinski definition) is 3. The Hall–Kier alpha value is -1.69. The molecule has 0 spiro atoms. The van der Waals surface area contributed by atoms with Gasteiger partial charge in [-0.3, -0.25) is 4.79 Å². The second-order valence-electron chi connectivity index (χ2n) is 6.63. The zero-order valence-electron chi connectivity index (χ0n) is 13.4. The van der Waals surface area contributed by atoms with Crippen molar-refractivity contribution in [3.8, 4) is 0 Å². The molecule has 0 saturated carbocycles. The van der Waals surface area contributed by atoms with Crippen LogP contribution in [0, 0.1) is 11.8 Å². The summed E-state index contributed by atoms with van der Waals surface area (Å²) < 4.78 is 0. The largest absolute Gasteiger partial charge is 0.396 e. The number of nitrogens with zero attached hydrogens (tertiary/aromatic N) is 1. The van der Waals surface area contributed by atoms with Gasteiger partial charge in [0, 0.05) is 30.2 Å². The molecule has 6 heteroatoms. The van der Waals surface area contributed by atoms with E-state index in [1.165, 1.54) is 0 Å². The first-order chi connectivity index (χ1) is 9.65. The van der Waals surface area contributed by atoms with Crippen LogP contribution in [-0.4, -0.2) is 34.1 Å². The lowest BCUT2D eigenvalue weighted by molar-refractivity contribution is 0.0925. The number of aromatic amines is 1. The van der Waals surface area contributed by atoms with Crippen LogP contribution in [-0.2, 0) is 5.41 Å². The van der Waals surface area contributed by atoms with Crippen molar-refractivity contribution in [1.82, 2.24) is 15.3 Å². The van der Waals surface area contributed by atoms with E-state index in [1.54, 1.807) is 6.07 Å². The minimum Gasteiger partial charge on any atom is -0.396 e. The Labute approximate surface area is 125 Å². The molecule has 1 aromatic heterocycles. The first-order valence-electron chi connectivity index (χ1n) is 7.16. The number of aliphatic hydroxyl groups excluding tert-OH is 1. The summed E-state index contributed by atoms with van der Waals surface area (Å²) in [5, 5.41) is 12.0. The molecule has 1 aromatic rings. The van der Waals surface area contributed by atoms with Crippen LogP contribution in [0.1, 0.15) is 50.8 Å². The number of H-pyrrole nitrogens is 1. The zero-order chi connectivity index (χ0) is 16.2. The number of carbonyl (C=O) groups is 1. The summed E-state index contributed by atoms with van der Waals surface area (Å²) >= 11 is 0. The van der Waals surface area contributed by atoms with E-state index in [9.17, 15) is 14.7 Å². The average Bonchev–Trinajstić information content (AvgIpc) is 2.37. The fraction of sp³-hybridized carbons (Fsp3) is 0.667. The Morgan fingerprint density at radius 3 is 2.52 bits per heavy atom. The lowest BCUT2D eigenvalue weighted by Gasteiger charge is -2.20. The lowest BCUT2D eigenvalue weighted by Crippen LogP contribution is -2.35. The van der Waals surface area contributed by atoms with Crippen molar-refractivity contribution < 1.29 is 9.90 Å². The molecular weight excluding hydrogens is 270 g/mol. The van der Waals surface area contributed by atoms with Gasteiger partial charge in [0.15, 0.2) is 0 Å². The van der Waals surface area contributed by atoms with Gasteiger partial charge < -0.3 is 15.4 Å². The molecule has 1 heterocycles. The molecule has 1 amide bonds. The van der Waals surface area contributed by atoms with Gasteiger partial charge in [0.25, 0.3) is 5.91 Å². The minimum atomic E-state index is -0.532. The quantitative estimate of drug-likeness (QED) is 0.757. The highest BCUT2D eigenvalue weighted by Gasteiger charge is 2.19. The van der Waals surface area contributed by atoms with Gasteiger partial charge >= 0.3 is 5.69 Å². The van der Waals surface area contributed by atoms with Gasteiger partial charge in [-0.05, 0) is 12.0 Å². The van der Waals surface area contributed by atoms with Crippen molar-refractivity contribution in [3.63, 3.8) is 0 Å². The van der Waals surface area contributed by atoms with E-state index in [-0.39, 0.29) is 29.6 Å². The maximum atomic E-state index is 12.1. The first kappa shape index (κ1) is 17.4. The molecule has 0 aliphatic heterocycles. The van der Waals surface area contributed by atoms with Gasteiger partial charge in [-0.2, -0.15) is 4.98 Å². The van der Waals surface area contributed by atoms with Gasteiger partial charge in [0.2, 0.25) is 0 Å². The van der Waals surface area contributed by atoms with E-state index >= 15 is 0 Å². The van der Waals surface area contributed by atoms with Crippen molar-refractivity contribution >= 4 is 5.91 Å². The molecule has 0 bridgehead atoms. The van der Waals surface area contributed by atoms with Gasteiger partial charge in [0.1, 0.15) is 5.69 Å². The van der Waals surface area contributed by atoms with Gasteiger partial charge in [-0.25, -0.2) is 4.79 Å². The molecule has 1 unspecified atom stereocenters. The molecule has 118 valence electrons. The van der Waals surface area contributed by atoms with Crippen molar-refractivity contribution in [1.29, 1.82) is 0 Å². The number of aromatic nitrogens is 2. The van der Waals surface area contributed by atoms with E-state index in [4.69, 9.17) is 0 Å². The van der Waals surface area contributed by atoms with Crippen LogP contribution in [0.4, 0.5) is 0 Å². The van der Waals surface area contributed by atoms with Crippen molar-refractivity contribution in [3.05, 3.63) is 27.9 Å². The van der Waals surface area contributed by atoms with Gasteiger partial charge in [0.05, 0.1) is 0 Å². The topological polar surface area (TPSA) is 95.1 Å². The molecule has 1 atom stereocenters. The van der Waals surface area contributed by atoms with Crippen LogP contribution in [0.3, 0.4) is 0 Å². The standard InChI is InChI=1S/C15H25N3O3/c1-9(2)10(8-19)7-16-13(20)11-6-12(15(3,4)5)18-14(21)17-11/h6,9-10,19H,7-8H2,1-5H3,(H,16,20)(H,17,18,21). The normalized spacial score (nSPS) is 13.3. The molecule has 0 aliphatic rings. The highest BCUT2D eigenvalue weighted by Crippen LogP contribution is 2.18. The molecule has 0 aromatic carbocycles. The number of carbonyl (C=O) groups excluding carboxylic acids is 1. The summed E-state index contributed by atoms with van der Waals surface area (Å²) in [4.78, 5) is 30.0. The van der Waals surface area contributed by atoms with Gasteiger partial charge in [-0.15, -0.1) is 0 Å². The van der Waals surface area contributed by atoms with Crippen molar-refractivity contribution in [2.45, 2.75) is 40.0 Å². The third-order valence-corrected chi connectivity index (χ3v) is 3.49. The molecule has 0 fully saturated rings. The summed E-state index contributed by atoms with van der Waals surface area (Å²) in [6.07, 6.45) is 0. The molecule has 0 radical (unpaired) electrons. The van der Waals surface area contributed by atoms with Crippen LogP contribution >= 0.6 is 0 Å². The molecule has 0 saturated heterocycles. The molecule has 21 heavy (non-hydrogen) atoms. The second kappa shape index (κ2) is 6.85. The van der Waals surface area contributed by atoms with Crippen LogP contribution in [0.2, 0.25) is 0 Å². The van der Waals surface area contributed by atoms with Crippen LogP contribution in [0.25, 0.3) is 0 Å². The number of rotatable bonds is 5. The monoisotopic (exact) mass is 295 g/mol. The van der Waals surface area contributed by atoms with Crippen LogP contribution in [0.15, 0.2) is 10.9 Å². The van der Waals surface area contributed by atoms with E-state index < -0.39 is 11.6 Å². The SMILES string of the molecule is CC(C)C(CO)CNC(=O)c1cc(C(C)(C)C)[nH]c(=O)n1. The molecule has 3 N–H and O–H groups in total. The second-order valence-corrected chi connectivity index (χ2v) is 6.63. The maximum absolute atomic E-state index is 12.1. The Bertz CT molecular complexity index is 544. The van der Waals surface area contributed by atoms with E-state index in [0.29, 0.717) is 12.2 Å². The van der Waals surface area contributed by atoms with E-state index in [1.807, 2.05) is 34.6 Å². The third kappa shape index (κ3) is 4.97. The fourth-order valence-corrected chi connectivity index (χ4v) is 1.80. The Morgan fingerprint density at radius 2 is 2.05 bits per heavy atom. The number of nitrogens with one attached hydrogen (secondary N) is 2. The number of aliphatic hydroxyl groups is 1. The molecule has 1 rings (SSSR count). The first-order valence-corrected chi connectivity index (χ1v) is 7.16. The predicted molar refractivity (Wildman–Crippen MR) is 81.3 cm³/mol. The Morgan fingerprint density at radius 1 is 1.43 bits per heavy atom. The minimum absolute atomic E-state index is 0.00793. The summed E-state index contributed by atoms with van der Waals surface area (Å²) in [5.74, 6) is -0.156. The predicted octanol–water partition coefficient (Wildman–Crippen LogP) is 1.06. The summed E-state index contributed by atoms with van der Waals surface area (Å²) in [5.41, 5.74) is -0.0441. The number of hydrogen-bond acceptors (Lipinski definition) is 4. The third-order valence-electron chi connectivity index (χ3n) is 3.49. The Balaban J connectivity index is 2.88. The highest BCUT2D eigenvalue weighted by molar-refractivity contribution is 5.92. The molecule has 0 aliphatic carbocycles. The van der Waals surface area contributed by atoms with Crippen molar-refractivity contribution in [2.75, 3.05) is 13.2 Å². The van der Waals surface area contributed by atoms with Crippen LogP contribution < -0.4 is 11.0 Å². The smallest absolute Gasteiger partial charge is 0.345 e. The molecule has 6 nitrogen and oxygen atoms in total. The van der Waals surface area contributed by atoms with Gasteiger partial charge in [-0.1, -0.05) is 34.6 Å². The van der Waals surface area contributed by atoms with Crippen molar-refractivity contribution in [2.24, 2.45) is 11.8 Å². The summed E-state index contributed by atoms with van der Waals surface area (Å²) in [6, 6.07) is 1.60. The fourth-order valence-electron chi connectivity index (χ4n) is 1.80. The maximum Gasteiger partial charge on any atom is 0.345 e. The zero-order valence-corrected chi connectivity index (χ0v) is 13.4. The lowest BCUT2D eigenvalue weighted by atomic mass is 9.91. The van der Waals surface area contributed by atoms with E-state index in [2.05, 4.69) is 15.3 Å². The average molecular weight is 295 g/mol. The Kier molecular flexibility index (Phi) is 5.66. The van der Waals surface area contributed by atoms with Crippen LogP contribution in [0.5, 0.6) is 0 Å².